The van der Waals surface area contributed by atoms with Crippen molar-refractivity contribution in [3.8, 4) is 0 Å². The molecule has 97 valence electrons. The van der Waals surface area contributed by atoms with E-state index in [1.54, 1.807) is 6.92 Å². The van der Waals surface area contributed by atoms with Gasteiger partial charge in [0.1, 0.15) is 5.60 Å². The molecule has 3 rings (SSSR count). The van der Waals surface area contributed by atoms with Gasteiger partial charge in [0.2, 0.25) is 0 Å². The summed E-state index contributed by atoms with van der Waals surface area (Å²) in [4.78, 5) is 12.5. The lowest BCUT2D eigenvalue weighted by Crippen LogP contribution is -2.49. The van der Waals surface area contributed by atoms with Gasteiger partial charge < -0.3 is 10.8 Å². The Labute approximate surface area is 108 Å². The minimum atomic E-state index is -1.25. The Balaban J connectivity index is 2.20. The van der Waals surface area contributed by atoms with E-state index in [0.29, 0.717) is 12.1 Å². The molecule has 0 amide bonds. The number of allylic oxidation sites excluding steroid dienone is 1. The fourth-order valence-electron chi connectivity index (χ4n) is 3.56. The van der Waals surface area contributed by atoms with E-state index in [0.717, 1.165) is 24.0 Å². The summed E-state index contributed by atoms with van der Waals surface area (Å²) >= 11 is 0. The van der Waals surface area contributed by atoms with Crippen LogP contribution in [0.4, 0.5) is 0 Å². The van der Waals surface area contributed by atoms with E-state index in [1.165, 1.54) is 0 Å². The molecule has 1 fully saturated rings. The molecule has 0 aromatic carbocycles. The Morgan fingerprint density at radius 2 is 2.00 bits per heavy atom. The molecule has 3 heteroatoms. The van der Waals surface area contributed by atoms with Crippen LogP contribution in [-0.4, -0.2) is 23.0 Å². The number of hydrogen-bond donors (Lipinski definition) is 2. The van der Waals surface area contributed by atoms with Crippen LogP contribution in [0.15, 0.2) is 22.8 Å². The first-order chi connectivity index (χ1) is 8.27. The summed E-state index contributed by atoms with van der Waals surface area (Å²) in [5.41, 5.74) is 6.83. The van der Waals surface area contributed by atoms with E-state index in [9.17, 15) is 9.90 Å². The highest BCUT2D eigenvalue weighted by atomic mass is 16.3. The minimum Gasteiger partial charge on any atom is -0.381 e. The second-order valence-electron chi connectivity index (χ2n) is 6.43. The van der Waals surface area contributed by atoms with E-state index >= 15 is 0 Å². The SMILES string of the molecule is CC1=C2[CH][C@](C)(CN)C=C2C(=O)[C@](C)(O)C12CC2. The first-order valence-electron chi connectivity index (χ1n) is 6.55. The fraction of sp³-hybridized carbons (Fsp3) is 0.600. The maximum Gasteiger partial charge on any atom is 0.194 e. The van der Waals surface area contributed by atoms with Crippen LogP contribution in [0.25, 0.3) is 0 Å². The molecule has 0 unspecified atom stereocenters. The number of carbonyl (C=O) groups excluding carboxylic acids is 1. The van der Waals surface area contributed by atoms with Gasteiger partial charge in [-0.1, -0.05) is 18.6 Å². The van der Waals surface area contributed by atoms with Crippen LogP contribution < -0.4 is 5.73 Å². The normalized spacial score (nSPS) is 41.2. The number of aliphatic hydroxyl groups is 1. The number of hydrogen-bond acceptors (Lipinski definition) is 3. The van der Waals surface area contributed by atoms with Gasteiger partial charge in [-0.15, -0.1) is 0 Å². The van der Waals surface area contributed by atoms with Crippen LogP contribution in [0, 0.1) is 17.3 Å². The van der Waals surface area contributed by atoms with E-state index in [2.05, 4.69) is 13.3 Å². The van der Waals surface area contributed by atoms with Gasteiger partial charge >= 0.3 is 0 Å². The summed E-state index contributed by atoms with van der Waals surface area (Å²) in [5.74, 6) is -0.131. The third-order valence-corrected chi connectivity index (χ3v) is 5.17. The highest BCUT2D eigenvalue weighted by Crippen LogP contribution is 2.65. The highest BCUT2D eigenvalue weighted by Gasteiger charge is 2.65. The molecule has 0 heterocycles. The first kappa shape index (κ1) is 12.1. The smallest absolute Gasteiger partial charge is 0.194 e. The Hall–Kier alpha value is -0.930. The highest BCUT2D eigenvalue weighted by molar-refractivity contribution is 6.09. The topological polar surface area (TPSA) is 63.3 Å². The van der Waals surface area contributed by atoms with Crippen molar-refractivity contribution >= 4 is 5.78 Å². The zero-order valence-electron chi connectivity index (χ0n) is 11.2. The van der Waals surface area contributed by atoms with E-state index in [4.69, 9.17) is 5.73 Å². The Kier molecular flexibility index (Phi) is 2.12. The first-order valence-corrected chi connectivity index (χ1v) is 6.55. The zero-order valence-corrected chi connectivity index (χ0v) is 11.2. The molecule has 0 bridgehead atoms. The minimum absolute atomic E-state index is 0.131. The number of carbonyl (C=O) groups is 1. The van der Waals surface area contributed by atoms with Gasteiger partial charge in [-0.2, -0.15) is 0 Å². The van der Waals surface area contributed by atoms with Gasteiger partial charge in [0.25, 0.3) is 0 Å². The molecule has 3 aliphatic carbocycles. The maximum atomic E-state index is 12.5. The summed E-state index contributed by atoms with van der Waals surface area (Å²) in [5, 5.41) is 10.6. The molecule has 3 N–H and O–H groups in total. The summed E-state index contributed by atoms with van der Waals surface area (Å²) in [7, 11) is 0. The van der Waals surface area contributed by atoms with Crippen LogP contribution >= 0.6 is 0 Å². The fourth-order valence-corrected chi connectivity index (χ4v) is 3.56. The Morgan fingerprint density at radius 3 is 2.50 bits per heavy atom. The lowest BCUT2D eigenvalue weighted by atomic mass is 9.68. The molecule has 0 aromatic heterocycles. The van der Waals surface area contributed by atoms with Gasteiger partial charge in [0.15, 0.2) is 5.78 Å². The van der Waals surface area contributed by atoms with Crippen LogP contribution in [0.2, 0.25) is 0 Å². The maximum absolute atomic E-state index is 12.5. The molecule has 3 nitrogen and oxygen atoms in total. The molecular weight excluding hydrogens is 226 g/mol. The predicted molar refractivity (Wildman–Crippen MR) is 69.5 cm³/mol. The molecular formula is C15H20NO2. The number of Topliss-reactive ketones (excluding diaryl/α,β-unsaturated/α-hetero) is 1. The van der Waals surface area contributed by atoms with Crippen LogP contribution in [-0.2, 0) is 4.79 Å². The summed E-state index contributed by atoms with van der Waals surface area (Å²) in [6.07, 6.45) is 5.84. The molecule has 1 radical (unpaired) electrons. The third kappa shape index (κ3) is 1.19. The predicted octanol–water partition coefficient (Wildman–Crippen LogP) is 1.53. The van der Waals surface area contributed by atoms with Crippen LogP contribution in [0.5, 0.6) is 0 Å². The summed E-state index contributed by atoms with van der Waals surface area (Å²) in [6, 6.07) is 0. The van der Waals surface area contributed by atoms with Crippen molar-refractivity contribution < 1.29 is 9.90 Å². The Bertz CT molecular complexity index is 509. The van der Waals surface area contributed by atoms with Crippen molar-refractivity contribution in [3.63, 3.8) is 0 Å². The quantitative estimate of drug-likeness (QED) is 0.737. The van der Waals surface area contributed by atoms with Crippen molar-refractivity contribution in [3.05, 3.63) is 29.2 Å². The lowest BCUT2D eigenvalue weighted by Gasteiger charge is -2.38. The van der Waals surface area contributed by atoms with Crippen molar-refractivity contribution in [2.24, 2.45) is 16.6 Å². The largest absolute Gasteiger partial charge is 0.381 e. The number of nitrogens with two attached hydrogens (primary N) is 1. The Morgan fingerprint density at radius 1 is 1.39 bits per heavy atom. The third-order valence-electron chi connectivity index (χ3n) is 5.17. The van der Waals surface area contributed by atoms with E-state index in [-0.39, 0.29) is 16.6 Å². The molecule has 1 saturated carbocycles. The number of rotatable bonds is 1. The van der Waals surface area contributed by atoms with Gasteiger partial charge in [-0.25, -0.2) is 0 Å². The molecule has 0 aromatic rings. The molecule has 2 atom stereocenters. The standard InChI is InChI=1S/C15H20NO2/c1-9-10-6-13(2,8-16)7-11(10)12(17)14(3,18)15(9)4-5-15/h6-7,18H,4-5,8,16H2,1-3H3/t13-,14-/m0/s1. The molecule has 3 aliphatic rings. The van der Waals surface area contributed by atoms with Crippen LogP contribution in [0.1, 0.15) is 33.6 Å². The second-order valence-corrected chi connectivity index (χ2v) is 6.43. The van der Waals surface area contributed by atoms with Crippen molar-refractivity contribution in [2.75, 3.05) is 6.54 Å². The van der Waals surface area contributed by atoms with Crippen molar-refractivity contribution in [2.45, 2.75) is 39.2 Å². The second kappa shape index (κ2) is 3.14. The number of fused-ring (bicyclic) bond motifs is 1. The van der Waals surface area contributed by atoms with Crippen LogP contribution in [0.3, 0.4) is 0 Å². The molecule has 0 aliphatic heterocycles. The molecule has 0 saturated heterocycles. The van der Waals surface area contributed by atoms with Gasteiger partial charge in [-0.05, 0) is 32.3 Å². The van der Waals surface area contributed by atoms with Gasteiger partial charge in [-0.3, -0.25) is 4.79 Å². The van der Waals surface area contributed by atoms with E-state index in [1.807, 2.05) is 13.0 Å². The number of ketones is 1. The van der Waals surface area contributed by atoms with Crippen molar-refractivity contribution in [1.29, 1.82) is 0 Å². The molecule has 18 heavy (non-hydrogen) atoms. The average molecular weight is 246 g/mol. The summed E-state index contributed by atoms with van der Waals surface area (Å²) < 4.78 is 0. The average Bonchev–Trinajstić information content (AvgIpc) is 3.06. The zero-order chi connectivity index (χ0) is 13.3. The monoisotopic (exact) mass is 246 g/mol. The summed E-state index contributed by atoms with van der Waals surface area (Å²) in [6.45, 7) is 6.23. The molecule has 1 spiro atoms. The van der Waals surface area contributed by atoms with Crippen molar-refractivity contribution in [1.82, 2.24) is 0 Å². The van der Waals surface area contributed by atoms with E-state index < -0.39 is 5.60 Å². The lowest BCUT2D eigenvalue weighted by molar-refractivity contribution is -0.137. The van der Waals surface area contributed by atoms with Gasteiger partial charge in [0, 0.05) is 29.4 Å². The van der Waals surface area contributed by atoms with Gasteiger partial charge in [0.05, 0.1) is 0 Å².